The Morgan fingerprint density at radius 1 is 1.29 bits per heavy atom. The molecular formula is C10H19N3O. The van der Waals surface area contributed by atoms with E-state index >= 15 is 0 Å². The molecular weight excluding hydrogens is 178 g/mol. The molecule has 14 heavy (non-hydrogen) atoms. The maximum absolute atomic E-state index is 11.3. The highest BCUT2D eigenvalue weighted by Gasteiger charge is 2.28. The number of nitrogens with two attached hydrogens (primary N) is 1. The molecule has 1 amide bonds. The van der Waals surface area contributed by atoms with E-state index in [-0.39, 0.29) is 11.8 Å². The van der Waals surface area contributed by atoms with Crippen molar-refractivity contribution in [3.8, 4) is 0 Å². The van der Waals surface area contributed by atoms with Crippen molar-refractivity contribution < 1.29 is 4.79 Å². The molecule has 2 fully saturated rings. The second kappa shape index (κ2) is 4.28. The van der Waals surface area contributed by atoms with Crippen LogP contribution in [0.25, 0.3) is 0 Å². The summed E-state index contributed by atoms with van der Waals surface area (Å²) in [5, 5.41) is 0. The Morgan fingerprint density at radius 2 is 1.93 bits per heavy atom. The van der Waals surface area contributed by atoms with Crippen LogP contribution in [-0.4, -0.2) is 30.4 Å². The summed E-state index contributed by atoms with van der Waals surface area (Å²) >= 11 is 0. The van der Waals surface area contributed by atoms with Crippen LogP contribution in [0.2, 0.25) is 0 Å². The Labute approximate surface area is 84.8 Å². The molecule has 0 aromatic carbocycles. The third-order valence-electron chi connectivity index (χ3n) is 3.31. The Balaban J connectivity index is 1.71. The number of carbonyl (C=O) groups excluding carboxylic acids is 1. The van der Waals surface area contributed by atoms with Crippen molar-refractivity contribution in [3.05, 3.63) is 0 Å². The van der Waals surface area contributed by atoms with Crippen molar-refractivity contribution in [3.63, 3.8) is 0 Å². The van der Waals surface area contributed by atoms with Gasteiger partial charge in [-0.25, -0.2) is 5.84 Å². The Morgan fingerprint density at radius 3 is 2.43 bits per heavy atom. The summed E-state index contributed by atoms with van der Waals surface area (Å²) in [7, 11) is 0. The smallest absolute Gasteiger partial charge is 0.237 e. The summed E-state index contributed by atoms with van der Waals surface area (Å²) < 4.78 is 0. The molecule has 1 saturated heterocycles. The van der Waals surface area contributed by atoms with Crippen molar-refractivity contribution in [2.45, 2.75) is 25.7 Å². The summed E-state index contributed by atoms with van der Waals surface area (Å²) in [6.07, 6.45) is 4.75. The van der Waals surface area contributed by atoms with Gasteiger partial charge >= 0.3 is 0 Å². The number of hydrogen-bond donors (Lipinski definition) is 2. The van der Waals surface area contributed by atoms with E-state index in [1.165, 1.54) is 19.4 Å². The van der Waals surface area contributed by atoms with Gasteiger partial charge < -0.3 is 4.90 Å². The largest absolute Gasteiger partial charge is 0.303 e. The van der Waals surface area contributed by atoms with E-state index in [0.29, 0.717) is 0 Å². The molecule has 1 aliphatic heterocycles. The molecule has 1 heterocycles. The molecule has 3 N–H and O–H groups in total. The van der Waals surface area contributed by atoms with E-state index in [0.717, 1.165) is 31.8 Å². The van der Waals surface area contributed by atoms with Crippen molar-refractivity contribution in [2.24, 2.45) is 17.7 Å². The zero-order valence-corrected chi connectivity index (χ0v) is 8.54. The first-order chi connectivity index (χ1) is 6.79. The minimum atomic E-state index is 0.0103. The van der Waals surface area contributed by atoms with Crippen molar-refractivity contribution >= 4 is 5.91 Å². The number of hydrazine groups is 1. The average Bonchev–Trinajstić information content (AvgIpc) is 3.02. The van der Waals surface area contributed by atoms with Gasteiger partial charge in [-0.3, -0.25) is 10.2 Å². The number of rotatable bonds is 3. The van der Waals surface area contributed by atoms with Crippen LogP contribution >= 0.6 is 0 Å². The number of carbonyl (C=O) groups is 1. The third kappa shape index (κ3) is 2.45. The fourth-order valence-corrected chi connectivity index (χ4v) is 2.16. The van der Waals surface area contributed by atoms with Crippen molar-refractivity contribution in [1.82, 2.24) is 10.3 Å². The van der Waals surface area contributed by atoms with E-state index in [4.69, 9.17) is 5.84 Å². The van der Waals surface area contributed by atoms with Crippen LogP contribution in [0, 0.1) is 11.8 Å². The van der Waals surface area contributed by atoms with E-state index in [1.807, 2.05) is 0 Å². The quantitative estimate of drug-likeness (QED) is 0.383. The zero-order valence-electron chi connectivity index (χ0n) is 8.54. The Kier molecular flexibility index (Phi) is 3.03. The van der Waals surface area contributed by atoms with Gasteiger partial charge in [0.15, 0.2) is 0 Å². The van der Waals surface area contributed by atoms with Gasteiger partial charge in [0.25, 0.3) is 0 Å². The van der Waals surface area contributed by atoms with Gasteiger partial charge in [0.05, 0.1) is 0 Å². The van der Waals surface area contributed by atoms with E-state index in [9.17, 15) is 4.79 Å². The van der Waals surface area contributed by atoms with E-state index in [2.05, 4.69) is 10.3 Å². The summed E-state index contributed by atoms with van der Waals surface area (Å²) in [5.74, 6) is 6.23. The average molecular weight is 197 g/mol. The Bertz CT molecular complexity index is 207. The van der Waals surface area contributed by atoms with Crippen LogP contribution in [0.4, 0.5) is 0 Å². The zero-order chi connectivity index (χ0) is 9.97. The van der Waals surface area contributed by atoms with Crippen LogP contribution in [0.15, 0.2) is 0 Å². The van der Waals surface area contributed by atoms with Crippen LogP contribution in [0.5, 0.6) is 0 Å². The fraction of sp³-hybridized carbons (Fsp3) is 0.900. The maximum Gasteiger partial charge on any atom is 0.237 e. The minimum absolute atomic E-state index is 0.0103. The summed E-state index contributed by atoms with van der Waals surface area (Å²) in [4.78, 5) is 13.7. The monoisotopic (exact) mass is 197 g/mol. The lowest BCUT2D eigenvalue weighted by Crippen LogP contribution is -2.43. The summed E-state index contributed by atoms with van der Waals surface area (Å²) in [6, 6.07) is 0. The molecule has 0 bridgehead atoms. The first-order valence-corrected chi connectivity index (χ1v) is 5.52. The number of amides is 1. The highest BCUT2D eigenvalue weighted by atomic mass is 16.2. The summed E-state index contributed by atoms with van der Waals surface area (Å²) in [6.45, 7) is 3.38. The number of hydrogen-bond acceptors (Lipinski definition) is 3. The molecule has 1 aliphatic carbocycles. The molecule has 4 nitrogen and oxygen atoms in total. The molecule has 0 aromatic heterocycles. The van der Waals surface area contributed by atoms with Crippen molar-refractivity contribution in [1.29, 1.82) is 0 Å². The third-order valence-corrected chi connectivity index (χ3v) is 3.31. The highest BCUT2D eigenvalue weighted by Crippen LogP contribution is 2.31. The molecule has 80 valence electrons. The first-order valence-electron chi connectivity index (χ1n) is 5.52. The molecule has 0 unspecified atom stereocenters. The number of nitrogens with zero attached hydrogens (tertiary/aromatic N) is 1. The normalized spacial score (nSPS) is 24.9. The molecule has 2 aliphatic rings. The number of likely N-dealkylation sites (tertiary alicyclic amines) is 1. The van der Waals surface area contributed by atoms with Gasteiger partial charge in [0.1, 0.15) is 0 Å². The van der Waals surface area contributed by atoms with Crippen LogP contribution in [-0.2, 0) is 4.79 Å². The van der Waals surface area contributed by atoms with Gasteiger partial charge in [-0.05, 0) is 44.7 Å². The molecule has 1 saturated carbocycles. The lowest BCUT2D eigenvalue weighted by Gasteiger charge is -2.30. The van der Waals surface area contributed by atoms with Gasteiger partial charge in [0, 0.05) is 12.5 Å². The highest BCUT2D eigenvalue weighted by molar-refractivity contribution is 5.78. The predicted molar refractivity (Wildman–Crippen MR) is 54.2 cm³/mol. The van der Waals surface area contributed by atoms with Crippen LogP contribution in [0.1, 0.15) is 25.7 Å². The number of nitrogens with one attached hydrogen (secondary N) is 1. The molecule has 0 radical (unpaired) electrons. The first kappa shape index (κ1) is 9.93. The number of piperidine rings is 1. The van der Waals surface area contributed by atoms with Crippen molar-refractivity contribution in [2.75, 3.05) is 19.6 Å². The standard InChI is InChI=1S/C10H19N3O/c11-12-10(14)9-3-5-13(6-4-9)7-8-1-2-8/h8-9H,1-7,11H2,(H,12,14). The van der Waals surface area contributed by atoms with E-state index < -0.39 is 0 Å². The summed E-state index contributed by atoms with van der Waals surface area (Å²) in [5.41, 5.74) is 2.25. The second-order valence-corrected chi connectivity index (χ2v) is 4.53. The molecule has 0 atom stereocenters. The lowest BCUT2D eigenvalue weighted by atomic mass is 9.96. The van der Waals surface area contributed by atoms with Gasteiger partial charge in [-0.1, -0.05) is 0 Å². The molecule has 2 rings (SSSR count). The second-order valence-electron chi connectivity index (χ2n) is 4.53. The Hall–Kier alpha value is -0.610. The van der Waals surface area contributed by atoms with Crippen LogP contribution in [0.3, 0.4) is 0 Å². The molecule has 0 spiro atoms. The molecule has 4 heteroatoms. The van der Waals surface area contributed by atoms with E-state index in [1.54, 1.807) is 0 Å². The predicted octanol–water partition coefficient (Wildman–Crippen LogP) is 0.0983. The fourth-order valence-electron chi connectivity index (χ4n) is 2.16. The van der Waals surface area contributed by atoms with Gasteiger partial charge in [-0.15, -0.1) is 0 Å². The topological polar surface area (TPSA) is 58.4 Å². The SMILES string of the molecule is NNC(=O)C1CCN(CC2CC2)CC1. The van der Waals surface area contributed by atoms with Gasteiger partial charge in [-0.2, -0.15) is 0 Å². The lowest BCUT2D eigenvalue weighted by molar-refractivity contribution is -0.126. The minimum Gasteiger partial charge on any atom is -0.303 e. The van der Waals surface area contributed by atoms with Crippen LogP contribution < -0.4 is 11.3 Å². The molecule has 0 aromatic rings. The van der Waals surface area contributed by atoms with Gasteiger partial charge in [0.2, 0.25) is 5.91 Å². The maximum atomic E-state index is 11.3.